The summed E-state index contributed by atoms with van der Waals surface area (Å²) in [7, 11) is 1.43. The normalized spacial score (nSPS) is 11.1. The molecule has 2 heterocycles. The Kier molecular flexibility index (Phi) is 5.09. The Labute approximate surface area is 174 Å². The highest BCUT2D eigenvalue weighted by Crippen LogP contribution is 2.33. The maximum atomic E-state index is 14.6. The molecule has 2 aromatic heterocycles. The number of methoxy groups -OCH3 is 1. The summed E-state index contributed by atoms with van der Waals surface area (Å²) >= 11 is 6.27. The number of ether oxygens (including phenoxy) is 1. The number of halogens is 3. The largest absolute Gasteiger partial charge is 0.495 e. The Morgan fingerprint density at radius 3 is 2.70 bits per heavy atom. The first-order valence-electron chi connectivity index (χ1n) is 8.76. The number of pyridine rings is 1. The number of benzene rings is 2. The molecule has 30 heavy (non-hydrogen) atoms. The number of rotatable bonds is 5. The van der Waals surface area contributed by atoms with Gasteiger partial charge in [-0.25, -0.2) is 13.6 Å². The molecule has 0 aliphatic heterocycles. The van der Waals surface area contributed by atoms with E-state index in [1.165, 1.54) is 42.3 Å². The summed E-state index contributed by atoms with van der Waals surface area (Å²) in [6, 6.07) is 9.60. The summed E-state index contributed by atoms with van der Waals surface area (Å²) in [5.74, 6) is -2.21. The molecule has 0 fully saturated rings. The van der Waals surface area contributed by atoms with Gasteiger partial charge < -0.3 is 9.84 Å². The van der Waals surface area contributed by atoms with Crippen LogP contribution < -0.4 is 4.74 Å². The van der Waals surface area contributed by atoms with Crippen LogP contribution in [0.5, 0.6) is 5.75 Å². The lowest BCUT2D eigenvalue weighted by Gasteiger charge is -2.10. The molecule has 0 saturated carbocycles. The maximum Gasteiger partial charge on any atom is 0.335 e. The van der Waals surface area contributed by atoms with Crippen LogP contribution in [0.1, 0.15) is 15.9 Å². The van der Waals surface area contributed by atoms with Crippen LogP contribution in [0, 0.1) is 11.6 Å². The molecule has 6 nitrogen and oxygen atoms in total. The third kappa shape index (κ3) is 3.35. The number of aromatic nitrogens is 3. The number of carboxylic acid groups (broad SMARTS) is 1. The molecule has 0 saturated heterocycles. The number of carbonyl (C=O) groups is 1. The zero-order valence-electron chi connectivity index (χ0n) is 15.6. The van der Waals surface area contributed by atoms with Crippen molar-refractivity contribution in [3.8, 4) is 17.0 Å². The second-order valence-corrected chi connectivity index (χ2v) is 6.80. The molecular formula is C21H14ClF2N3O3. The van der Waals surface area contributed by atoms with Gasteiger partial charge in [0.1, 0.15) is 28.6 Å². The molecule has 0 amide bonds. The van der Waals surface area contributed by atoms with Crippen LogP contribution in [0.4, 0.5) is 8.78 Å². The third-order valence-corrected chi connectivity index (χ3v) is 5.07. The van der Waals surface area contributed by atoms with Gasteiger partial charge in [0, 0.05) is 17.3 Å². The lowest BCUT2D eigenvalue weighted by atomic mass is 10.1. The van der Waals surface area contributed by atoms with Gasteiger partial charge in [0.15, 0.2) is 0 Å². The van der Waals surface area contributed by atoms with Crippen molar-refractivity contribution in [2.24, 2.45) is 0 Å². The van der Waals surface area contributed by atoms with Gasteiger partial charge in [0.05, 0.1) is 29.8 Å². The van der Waals surface area contributed by atoms with E-state index in [1.807, 2.05) is 0 Å². The SMILES string of the molecule is COc1ccc(F)c(Cn2nc(-c3ccc(C(=O)O)cc3F)c3ncccc32)c1Cl. The van der Waals surface area contributed by atoms with Gasteiger partial charge in [-0.05, 0) is 42.5 Å². The van der Waals surface area contributed by atoms with E-state index >= 15 is 0 Å². The summed E-state index contributed by atoms with van der Waals surface area (Å²) in [6.45, 7) is -0.0428. The first-order chi connectivity index (χ1) is 14.4. The number of carboxylic acids is 1. The van der Waals surface area contributed by atoms with Crippen molar-refractivity contribution in [3.63, 3.8) is 0 Å². The van der Waals surface area contributed by atoms with E-state index < -0.39 is 17.6 Å². The quantitative estimate of drug-likeness (QED) is 0.494. The second kappa shape index (κ2) is 7.72. The lowest BCUT2D eigenvalue weighted by Crippen LogP contribution is -2.06. The average Bonchev–Trinajstić information content (AvgIpc) is 3.09. The van der Waals surface area contributed by atoms with Crippen LogP contribution in [0.25, 0.3) is 22.3 Å². The average molecular weight is 430 g/mol. The predicted molar refractivity (Wildman–Crippen MR) is 107 cm³/mol. The van der Waals surface area contributed by atoms with Crippen molar-refractivity contribution in [2.45, 2.75) is 6.54 Å². The number of hydrogen-bond acceptors (Lipinski definition) is 4. The third-order valence-electron chi connectivity index (χ3n) is 4.66. The summed E-state index contributed by atoms with van der Waals surface area (Å²) in [4.78, 5) is 15.4. The highest BCUT2D eigenvalue weighted by Gasteiger charge is 2.20. The van der Waals surface area contributed by atoms with Crippen molar-refractivity contribution < 1.29 is 23.4 Å². The van der Waals surface area contributed by atoms with Crippen molar-refractivity contribution in [1.82, 2.24) is 14.8 Å². The molecule has 4 rings (SSSR count). The minimum atomic E-state index is -1.24. The van der Waals surface area contributed by atoms with Gasteiger partial charge in [-0.2, -0.15) is 5.10 Å². The number of nitrogens with zero attached hydrogens (tertiary/aromatic N) is 3. The Morgan fingerprint density at radius 2 is 2.00 bits per heavy atom. The molecule has 0 aliphatic carbocycles. The van der Waals surface area contributed by atoms with Gasteiger partial charge in [-0.15, -0.1) is 0 Å². The highest BCUT2D eigenvalue weighted by atomic mass is 35.5. The Bertz CT molecular complexity index is 1290. The molecule has 0 bridgehead atoms. The lowest BCUT2D eigenvalue weighted by molar-refractivity contribution is 0.0696. The van der Waals surface area contributed by atoms with Crippen LogP contribution in [-0.4, -0.2) is 33.0 Å². The van der Waals surface area contributed by atoms with Crippen LogP contribution >= 0.6 is 11.6 Å². The Balaban J connectivity index is 1.86. The molecule has 1 N–H and O–H groups in total. The van der Waals surface area contributed by atoms with Crippen LogP contribution in [0.2, 0.25) is 5.02 Å². The van der Waals surface area contributed by atoms with Crippen molar-refractivity contribution >= 4 is 28.6 Å². The zero-order valence-corrected chi connectivity index (χ0v) is 16.3. The van der Waals surface area contributed by atoms with Crippen LogP contribution in [0.3, 0.4) is 0 Å². The summed E-state index contributed by atoms with van der Waals surface area (Å²) in [5, 5.41) is 13.6. The van der Waals surface area contributed by atoms with Crippen molar-refractivity contribution in [3.05, 3.63) is 76.4 Å². The Hall–Kier alpha value is -3.52. The second-order valence-electron chi connectivity index (χ2n) is 6.42. The molecule has 2 aromatic carbocycles. The van der Waals surface area contributed by atoms with Gasteiger partial charge in [-0.3, -0.25) is 9.67 Å². The Morgan fingerprint density at radius 1 is 1.20 bits per heavy atom. The van der Waals surface area contributed by atoms with Crippen LogP contribution in [0.15, 0.2) is 48.7 Å². The smallest absolute Gasteiger partial charge is 0.335 e. The van der Waals surface area contributed by atoms with Crippen LogP contribution in [-0.2, 0) is 6.54 Å². The molecule has 0 spiro atoms. The van der Waals surface area contributed by atoms with Crippen molar-refractivity contribution in [2.75, 3.05) is 7.11 Å². The summed E-state index contributed by atoms with van der Waals surface area (Å²) in [6.07, 6.45) is 1.53. The molecule has 0 atom stereocenters. The molecule has 0 radical (unpaired) electrons. The van der Waals surface area contributed by atoms with E-state index in [9.17, 15) is 13.6 Å². The first-order valence-corrected chi connectivity index (χ1v) is 9.14. The fourth-order valence-electron chi connectivity index (χ4n) is 3.18. The fraction of sp³-hybridized carbons (Fsp3) is 0.0952. The number of fused-ring (bicyclic) bond motifs is 1. The highest BCUT2D eigenvalue weighted by molar-refractivity contribution is 6.32. The monoisotopic (exact) mass is 429 g/mol. The minimum Gasteiger partial charge on any atom is -0.495 e. The van der Waals surface area contributed by atoms with E-state index in [2.05, 4.69) is 10.1 Å². The van der Waals surface area contributed by atoms with Gasteiger partial charge in [0.25, 0.3) is 0 Å². The number of aromatic carboxylic acids is 1. The molecule has 0 aliphatic rings. The summed E-state index contributed by atoms with van der Waals surface area (Å²) < 4.78 is 35.7. The standard InChI is InChI=1S/C21H14ClF2N3O3/c1-30-17-7-6-14(23)13(18(17)22)10-27-16-3-2-8-25-20(16)19(26-27)12-5-4-11(21(28)29)9-15(12)24/h2-9H,10H2,1H3,(H,28,29). The summed E-state index contributed by atoms with van der Waals surface area (Å²) in [5.41, 5.74) is 1.20. The molecule has 152 valence electrons. The first kappa shape index (κ1) is 19.8. The number of hydrogen-bond donors (Lipinski definition) is 1. The van der Waals surface area contributed by atoms with E-state index in [1.54, 1.807) is 12.1 Å². The molecule has 4 aromatic rings. The van der Waals surface area contributed by atoms with E-state index in [0.29, 0.717) is 16.8 Å². The van der Waals surface area contributed by atoms with Gasteiger partial charge >= 0.3 is 5.97 Å². The predicted octanol–water partition coefficient (Wildman–Crippen LogP) is 4.79. The topological polar surface area (TPSA) is 77.2 Å². The maximum absolute atomic E-state index is 14.6. The van der Waals surface area contributed by atoms with Gasteiger partial charge in [0.2, 0.25) is 0 Å². The van der Waals surface area contributed by atoms with Crippen molar-refractivity contribution in [1.29, 1.82) is 0 Å². The molecular weight excluding hydrogens is 416 g/mol. The van der Waals surface area contributed by atoms with E-state index in [4.69, 9.17) is 21.4 Å². The van der Waals surface area contributed by atoms with E-state index in [-0.39, 0.29) is 34.0 Å². The van der Waals surface area contributed by atoms with Gasteiger partial charge in [-0.1, -0.05) is 11.6 Å². The minimum absolute atomic E-state index is 0.0428. The molecule has 9 heteroatoms. The van der Waals surface area contributed by atoms with E-state index in [0.717, 1.165) is 6.07 Å². The fourth-order valence-corrected chi connectivity index (χ4v) is 3.47. The zero-order chi connectivity index (χ0) is 21.4. The molecule has 0 unspecified atom stereocenters.